The lowest BCUT2D eigenvalue weighted by atomic mass is 9.96. The molecule has 2 rings (SSSR count). The Balaban J connectivity index is 2.14. The van der Waals surface area contributed by atoms with Crippen LogP contribution in [0.4, 0.5) is 5.69 Å². The summed E-state index contributed by atoms with van der Waals surface area (Å²) in [6.07, 6.45) is 6.00. The molecule has 0 fully saturated rings. The largest absolute Gasteiger partial charge is 0.368 e. The highest BCUT2D eigenvalue weighted by Gasteiger charge is 2.17. The van der Waals surface area contributed by atoms with Gasteiger partial charge in [0, 0.05) is 24.8 Å². The standard InChI is InChI=1S/C19H30N2/c1-5-11-20-16(4)17-8-9-19-18(14-17)7-6-12-21(19)13-10-15(2)3/h8-10,14,16,20H,5-7,11-13H2,1-4H3. The van der Waals surface area contributed by atoms with Crippen LogP contribution in [0.3, 0.4) is 0 Å². The molecule has 21 heavy (non-hydrogen) atoms. The molecule has 116 valence electrons. The van der Waals surface area contributed by atoms with Crippen LogP contribution in [0.2, 0.25) is 0 Å². The van der Waals surface area contributed by atoms with Crippen molar-refractivity contribution in [1.82, 2.24) is 5.32 Å². The highest BCUT2D eigenvalue weighted by molar-refractivity contribution is 5.57. The fourth-order valence-electron chi connectivity index (χ4n) is 2.93. The minimum atomic E-state index is 0.448. The number of nitrogens with one attached hydrogen (secondary N) is 1. The van der Waals surface area contributed by atoms with Gasteiger partial charge in [0.25, 0.3) is 0 Å². The highest BCUT2D eigenvalue weighted by atomic mass is 15.1. The van der Waals surface area contributed by atoms with Gasteiger partial charge in [-0.25, -0.2) is 0 Å². The summed E-state index contributed by atoms with van der Waals surface area (Å²) in [5.74, 6) is 0. The SMILES string of the molecule is CCCNC(C)c1ccc2c(c1)CCCN2CC=C(C)C. The van der Waals surface area contributed by atoms with Gasteiger partial charge in [-0.15, -0.1) is 0 Å². The van der Waals surface area contributed by atoms with Gasteiger partial charge in [-0.05, 0) is 63.8 Å². The van der Waals surface area contributed by atoms with Gasteiger partial charge >= 0.3 is 0 Å². The van der Waals surface area contributed by atoms with E-state index >= 15 is 0 Å². The number of hydrogen-bond donors (Lipinski definition) is 1. The summed E-state index contributed by atoms with van der Waals surface area (Å²) in [5, 5.41) is 3.58. The van der Waals surface area contributed by atoms with Crippen LogP contribution in [0.15, 0.2) is 29.8 Å². The zero-order valence-electron chi connectivity index (χ0n) is 14.1. The molecule has 2 heteroatoms. The lowest BCUT2D eigenvalue weighted by Crippen LogP contribution is -2.30. The fourth-order valence-corrected chi connectivity index (χ4v) is 2.93. The number of nitrogens with zero attached hydrogens (tertiary/aromatic N) is 1. The van der Waals surface area contributed by atoms with Crippen molar-refractivity contribution in [2.24, 2.45) is 0 Å². The molecule has 1 atom stereocenters. The van der Waals surface area contributed by atoms with Crippen LogP contribution in [0.5, 0.6) is 0 Å². The minimum Gasteiger partial charge on any atom is -0.368 e. The first-order valence-electron chi connectivity index (χ1n) is 8.36. The normalized spacial score (nSPS) is 15.5. The first kappa shape index (κ1) is 16.1. The Morgan fingerprint density at radius 2 is 2.19 bits per heavy atom. The molecule has 0 spiro atoms. The van der Waals surface area contributed by atoms with Gasteiger partial charge in [-0.1, -0.05) is 30.7 Å². The van der Waals surface area contributed by atoms with Gasteiger partial charge < -0.3 is 10.2 Å². The van der Waals surface area contributed by atoms with E-state index in [1.165, 1.54) is 48.2 Å². The van der Waals surface area contributed by atoms with E-state index in [2.05, 4.69) is 62.2 Å². The molecule has 0 saturated carbocycles. The Kier molecular flexibility index (Phi) is 5.86. The topological polar surface area (TPSA) is 15.3 Å². The lowest BCUT2D eigenvalue weighted by molar-refractivity contribution is 0.569. The molecule has 1 aliphatic rings. The lowest BCUT2D eigenvalue weighted by Gasteiger charge is -2.31. The van der Waals surface area contributed by atoms with Crippen molar-refractivity contribution in [2.75, 3.05) is 24.5 Å². The summed E-state index contributed by atoms with van der Waals surface area (Å²) >= 11 is 0. The van der Waals surface area contributed by atoms with E-state index in [0.717, 1.165) is 13.1 Å². The number of fused-ring (bicyclic) bond motifs is 1. The summed E-state index contributed by atoms with van der Waals surface area (Å²) in [5.41, 5.74) is 5.78. The molecule has 0 aliphatic carbocycles. The molecule has 0 saturated heterocycles. The van der Waals surface area contributed by atoms with E-state index in [4.69, 9.17) is 0 Å². The average molecular weight is 286 g/mol. The monoisotopic (exact) mass is 286 g/mol. The summed E-state index contributed by atoms with van der Waals surface area (Å²) in [7, 11) is 0. The summed E-state index contributed by atoms with van der Waals surface area (Å²) < 4.78 is 0. The zero-order valence-corrected chi connectivity index (χ0v) is 14.1. The number of aryl methyl sites for hydroxylation is 1. The molecule has 1 aliphatic heterocycles. The van der Waals surface area contributed by atoms with Crippen LogP contribution in [0.1, 0.15) is 57.7 Å². The van der Waals surface area contributed by atoms with Crippen LogP contribution >= 0.6 is 0 Å². The molecule has 0 amide bonds. The first-order valence-corrected chi connectivity index (χ1v) is 8.36. The second-order valence-electron chi connectivity index (χ2n) is 6.40. The van der Waals surface area contributed by atoms with Crippen molar-refractivity contribution in [3.8, 4) is 0 Å². The van der Waals surface area contributed by atoms with E-state index in [-0.39, 0.29) is 0 Å². The third kappa shape index (κ3) is 4.34. The number of allylic oxidation sites excluding steroid dienone is 1. The molecule has 1 N–H and O–H groups in total. The van der Waals surface area contributed by atoms with Crippen molar-refractivity contribution < 1.29 is 0 Å². The van der Waals surface area contributed by atoms with Gasteiger partial charge in [0.05, 0.1) is 0 Å². The Bertz CT molecular complexity index is 486. The molecular formula is C19H30N2. The van der Waals surface area contributed by atoms with Crippen molar-refractivity contribution in [3.63, 3.8) is 0 Å². The predicted molar refractivity (Wildman–Crippen MR) is 93.1 cm³/mol. The number of hydrogen-bond acceptors (Lipinski definition) is 2. The maximum atomic E-state index is 3.58. The maximum Gasteiger partial charge on any atom is 0.0401 e. The molecular weight excluding hydrogens is 256 g/mol. The van der Waals surface area contributed by atoms with Crippen molar-refractivity contribution in [2.45, 2.75) is 53.0 Å². The average Bonchev–Trinajstić information content (AvgIpc) is 2.49. The summed E-state index contributed by atoms with van der Waals surface area (Å²) in [4.78, 5) is 2.51. The van der Waals surface area contributed by atoms with E-state index in [0.29, 0.717) is 6.04 Å². The van der Waals surface area contributed by atoms with Crippen LogP contribution in [0, 0.1) is 0 Å². The molecule has 1 aromatic carbocycles. The van der Waals surface area contributed by atoms with E-state index in [1.54, 1.807) is 0 Å². The van der Waals surface area contributed by atoms with Crippen LogP contribution in [-0.2, 0) is 6.42 Å². The maximum absolute atomic E-state index is 3.58. The second-order valence-corrected chi connectivity index (χ2v) is 6.40. The fraction of sp³-hybridized carbons (Fsp3) is 0.579. The Hall–Kier alpha value is -1.28. The van der Waals surface area contributed by atoms with Crippen molar-refractivity contribution in [3.05, 3.63) is 41.0 Å². The van der Waals surface area contributed by atoms with Gasteiger partial charge in [0.15, 0.2) is 0 Å². The van der Waals surface area contributed by atoms with Gasteiger partial charge in [-0.3, -0.25) is 0 Å². The first-order chi connectivity index (χ1) is 10.1. The molecule has 1 heterocycles. The quantitative estimate of drug-likeness (QED) is 0.776. The molecule has 2 nitrogen and oxygen atoms in total. The molecule has 0 aromatic heterocycles. The summed E-state index contributed by atoms with van der Waals surface area (Å²) in [6, 6.07) is 7.49. The van der Waals surface area contributed by atoms with E-state index in [9.17, 15) is 0 Å². The molecule has 0 radical (unpaired) electrons. The predicted octanol–water partition coefficient (Wildman–Crippen LogP) is 4.47. The highest BCUT2D eigenvalue weighted by Crippen LogP contribution is 2.29. The molecule has 0 bridgehead atoms. The Labute approximate surface area is 130 Å². The van der Waals surface area contributed by atoms with Crippen LogP contribution in [0.25, 0.3) is 0 Å². The van der Waals surface area contributed by atoms with Crippen molar-refractivity contribution in [1.29, 1.82) is 0 Å². The second kappa shape index (κ2) is 7.65. The van der Waals surface area contributed by atoms with Crippen molar-refractivity contribution >= 4 is 5.69 Å². The van der Waals surface area contributed by atoms with E-state index < -0.39 is 0 Å². The van der Waals surface area contributed by atoms with Crippen LogP contribution in [-0.4, -0.2) is 19.6 Å². The summed E-state index contributed by atoms with van der Waals surface area (Å²) in [6.45, 7) is 12.1. The zero-order chi connectivity index (χ0) is 15.2. The Morgan fingerprint density at radius 1 is 1.38 bits per heavy atom. The minimum absolute atomic E-state index is 0.448. The molecule has 1 unspecified atom stereocenters. The smallest absolute Gasteiger partial charge is 0.0401 e. The Morgan fingerprint density at radius 3 is 2.90 bits per heavy atom. The van der Waals surface area contributed by atoms with Gasteiger partial charge in [0.1, 0.15) is 0 Å². The molecule has 1 aromatic rings. The third-order valence-electron chi connectivity index (χ3n) is 4.24. The number of anilines is 1. The van der Waals surface area contributed by atoms with Crippen LogP contribution < -0.4 is 10.2 Å². The van der Waals surface area contributed by atoms with Gasteiger partial charge in [-0.2, -0.15) is 0 Å². The third-order valence-corrected chi connectivity index (χ3v) is 4.24. The van der Waals surface area contributed by atoms with E-state index in [1.807, 2.05) is 0 Å². The number of rotatable bonds is 6. The number of benzene rings is 1. The van der Waals surface area contributed by atoms with Gasteiger partial charge in [0.2, 0.25) is 0 Å².